The van der Waals surface area contributed by atoms with Gasteiger partial charge in [-0.15, -0.1) is 0 Å². The van der Waals surface area contributed by atoms with Gasteiger partial charge in [0.1, 0.15) is 0 Å². The summed E-state index contributed by atoms with van der Waals surface area (Å²) >= 11 is 0. The zero-order chi connectivity index (χ0) is 17.0. The van der Waals surface area contributed by atoms with E-state index in [4.69, 9.17) is 0 Å². The summed E-state index contributed by atoms with van der Waals surface area (Å²) in [6.45, 7) is 2.50. The van der Waals surface area contributed by atoms with Crippen LogP contribution in [0.1, 0.15) is 38.5 Å². The van der Waals surface area contributed by atoms with Crippen molar-refractivity contribution in [3.63, 3.8) is 0 Å². The number of hydrogen-bond acceptors (Lipinski definition) is 4. The summed E-state index contributed by atoms with van der Waals surface area (Å²) in [7, 11) is -3.37. The van der Waals surface area contributed by atoms with Crippen molar-refractivity contribution in [2.45, 2.75) is 55.5 Å². The number of likely N-dealkylation sites (tertiary alicyclic amines) is 1. The molecule has 0 amide bonds. The number of nitrogens with zero attached hydrogens (tertiary/aromatic N) is 2. The van der Waals surface area contributed by atoms with Crippen molar-refractivity contribution in [1.82, 2.24) is 9.21 Å². The van der Waals surface area contributed by atoms with Gasteiger partial charge in [-0.25, -0.2) is 8.42 Å². The van der Waals surface area contributed by atoms with Crippen LogP contribution < -0.4 is 0 Å². The van der Waals surface area contributed by atoms with Crippen molar-refractivity contribution in [2.75, 3.05) is 26.2 Å². The molecule has 2 saturated heterocycles. The van der Waals surface area contributed by atoms with Crippen LogP contribution in [0, 0.1) is 0 Å². The van der Waals surface area contributed by atoms with Gasteiger partial charge in [0.25, 0.3) is 0 Å². The van der Waals surface area contributed by atoms with Crippen molar-refractivity contribution in [1.29, 1.82) is 0 Å². The van der Waals surface area contributed by atoms with Crippen LogP contribution in [0.15, 0.2) is 35.2 Å². The summed E-state index contributed by atoms with van der Waals surface area (Å²) < 4.78 is 27.1. The zero-order valence-corrected chi connectivity index (χ0v) is 15.0. The third-order valence-electron chi connectivity index (χ3n) is 5.41. The average molecular weight is 353 g/mol. The van der Waals surface area contributed by atoms with Crippen molar-refractivity contribution < 1.29 is 13.5 Å². The average Bonchev–Trinajstić information content (AvgIpc) is 2.63. The Bertz CT molecular complexity index is 610. The standard InChI is InChI=1S/C18H28N2O3S/c21-15-11-16-6-4-5-12-20(16)17-9-13-19(14-10-17)24(22,23)18-7-2-1-3-8-18/h1-3,7-8,16-17,21H,4-6,9-15H2. The Balaban J connectivity index is 1.63. The zero-order valence-electron chi connectivity index (χ0n) is 14.2. The molecule has 1 N–H and O–H groups in total. The van der Waals surface area contributed by atoms with E-state index >= 15 is 0 Å². The van der Waals surface area contributed by atoms with E-state index in [0.29, 0.717) is 30.1 Å². The van der Waals surface area contributed by atoms with Crippen LogP contribution in [-0.2, 0) is 10.0 Å². The van der Waals surface area contributed by atoms with Gasteiger partial charge >= 0.3 is 0 Å². The van der Waals surface area contributed by atoms with Crippen LogP contribution in [0.5, 0.6) is 0 Å². The fraction of sp³-hybridized carbons (Fsp3) is 0.667. The topological polar surface area (TPSA) is 60.9 Å². The van der Waals surface area contributed by atoms with E-state index in [-0.39, 0.29) is 6.61 Å². The van der Waals surface area contributed by atoms with Crippen molar-refractivity contribution in [3.8, 4) is 0 Å². The summed E-state index contributed by atoms with van der Waals surface area (Å²) in [4.78, 5) is 2.92. The maximum absolute atomic E-state index is 12.7. The van der Waals surface area contributed by atoms with Crippen LogP contribution in [0.3, 0.4) is 0 Å². The highest BCUT2D eigenvalue weighted by Gasteiger charge is 2.34. The van der Waals surface area contributed by atoms with Gasteiger partial charge in [0.2, 0.25) is 10.0 Å². The predicted octanol–water partition coefficient (Wildman–Crippen LogP) is 2.08. The van der Waals surface area contributed by atoms with Crippen LogP contribution in [0.4, 0.5) is 0 Å². The van der Waals surface area contributed by atoms with Crippen molar-refractivity contribution in [2.24, 2.45) is 0 Å². The molecule has 6 heteroatoms. The molecule has 1 aromatic carbocycles. The molecule has 2 heterocycles. The predicted molar refractivity (Wildman–Crippen MR) is 94.3 cm³/mol. The molecule has 2 fully saturated rings. The van der Waals surface area contributed by atoms with E-state index in [1.54, 1.807) is 28.6 Å². The summed E-state index contributed by atoms with van der Waals surface area (Å²) in [5, 5.41) is 9.30. The lowest BCUT2D eigenvalue weighted by Gasteiger charge is -2.44. The molecular formula is C18H28N2O3S. The summed E-state index contributed by atoms with van der Waals surface area (Å²) in [5.41, 5.74) is 0. The molecule has 0 radical (unpaired) electrons. The van der Waals surface area contributed by atoms with Crippen LogP contribution in [0.2, 0.25) is 0 Å². The minimum absolute atomic E-state index is 0.238. The first-order valence-corrected chi connectivity index (χ1v) is 10.5. The third-order valence-corrected chi connectivity index (χ3v) is 7.32. The maximum atomic E-state index is 12.7. The summed E-state index contributed by atoms with van der Waals surface area (Å²) in [5.74, 6) is 0. The fourth-order valence-corrected chi connectivity index (χ4v) is 5.61. The van der Waals surface area contributed by atoms with Crippen molar-refractivity contribution >= 4 is 10.0 Å². The molecule has 0 spiro atoms. The molecule has 0 bridgehead atoms. The van der Waals surface area contributed by atoms with Crippen LogP contribution >= 0.6 is 0 Å². The molecule has 1 aromatic rings. The number of aliphatic hydroxyl groups excluding tert-OH is 1. The first-order chi connectivity index (χ1) is 11.6. The lowest BCUT2D eigenvalue weighted by atomic mass is 9.94. The van der Waals surface area contributed by atoms with Crippen LogP contribution in [0.25, 0.3) is 0 Å². The Kier molecular flexibility index (Phi) is 5.92. The van der Waals surface area contributed by atoms with Gasteiger partial charge < -0.3 is 5.11 Å². The fourth-order valence-electron chi connectivity index (χ4n) is 4.12. The van der Waals surface area contributed by atoms with Gasteiger partial charge in [-0.05, 0) is 50.8 Å². The lowest BCUT2D eigenvalue weighted by Crippen LogP contribution is -2.52. The Morgan fingerprint density at radius 3 is 2.38 bits per heavy atom. The van der Waals surface area contributed by atoms with Gasteiger partial charge in [-0.2, -0.15) is 4.31 Å². The van der Waals surface area contributed by atoms with Gasteiger partial charge in [0.15, 0.2) is 0 Å². The molecule has 0 aromatic heterocycles. The van der Waals surface area contributed by atoms with Gasteiger partial charge in [0.05, 0.1) is 4.90 Å². The molecule has 1 atom stereocenters. The van der Waals surface area contributed by atoms with E-state index in [1.807, 2.05) is 6.07 Å². The Hall–Kier alpha value is -0.950. The molecule has 2 aliphatic heterocycles. The van der Waals surface area contributed by atoms with E-state index in [0.717, 1.165) is 32.2 Å². The third kappa shape index (κ3) is 3.82. The quantitative estimate of drug-likeness (QED) is 0.881. The number of piperidine rings is 2. The number of sulfonamides is 1. The van der Waals surface area contributed by atoms with E-state index in [9.17, 15) is 13.5 Å². The highest BCUT2D eigenvalue weighted by Crippen LogP contribution is 2.28. The SMILES string of the molecule is O=S(=O)(c1ccccc1)N1CCC(N2CCCCC2CCO)CC1. The number of aliphatic hydroxyl groups is 1. The molecule has 3 rings (SSSR count). The van der Waals surface area contributed by atoms with Gasteiger partial charge in [0, 0.05) is 31.8 Å². The molecule has 134 valence electrons. The largest absolute Gasteiger partial charge is 0.396 e. The monoisotopic (exact) mass is 352 g/mol. The second-order valence-electron chi connectivity index (χ2n) is 6.85. The number of benzene rings is 1. The molecule has 0 aliphatic carbocycles. The Labute approximate surface area is 145 Å². The van der Waals surface area contributed by atoms with E-state index in [2.05, 4.69) is 4.90 Å². The Morgan fingerprint density at radius 2 is 1.71 bits per heavy atom. The second kappa shape index (κ2) is 7.95. The maximum Gasteiger partial charge on any atom is 0.243 e. The molecule has 5 nitrogen and oxygen atoms in total. The highest BCUT2D eigenvalue weighted by molar-refractivity contribution is 7.89. The smallest absolute Gasteiger partial charge is 0.243 e. The summed E-state index contributed by atoms with van der Waals surface area (Å²) in [6.07, 6.45) is 6.21. The molecule has 2 aliphatic rings. The lowest BCUT2D eigenvalue weighted by molar-refractivity contribution is 0.0517. The van der Waals surface area contributed by atoms with E-state index < -0.39 is 10.0 Å². The number of rotatable bonds is 5. The molecule has 1 unspecified atom stereocenters. The molecule has 0 saturated carbocycles. The summed E-state index contributed by atoms with van der Waals surface area (Å²) in [6, 6.07) is 9.63. The first-order valence-electron chi connectivity index (χ1n) is 9.05. The normalized spacial score (nSPS) is 25.0. The minimum atomic E-state index is -3.37. The molecular weight excluding hydrogens is 324 g/mol. The van der Waals surface area contributed by atoms with Crippen LogP contribution in [-0.4, -0.2) is 61.1 Å². The van der Waals surface area contributed by atoms with Crippen molar-refractivity contribution in [3.05, 3.63) is 30.3 Å². The van der Waals surface area contributed by atoms with Gasteiger partial charge in [-0.3, -0.25) is 4.90 Å². The second-order valence-corrected chi connectivity index (χ2v) is 8.79. The Morgan fingerprint density at radius 1 is 1.00 bits per heavy atom. The van der Waals surface area contributed by atoms with E-state index in [1.165, 1.54) is 12.8 Å². The first kappa shape index (κ1) is 17.9. The number of hydrogen-bond donors (Lipinski definition) is 1. The minimum Gasteiger partial charge on any atom is -0.396 e. The highest BCUT2D eigenvalue weighted by atomic mass is 32.2. The molecule has 24 heavy (non-hydrogen) atoms. The van der Waals surface area contributed by atoms with Gasteiger partial charge in [-0.1, -0.05) is 24.6 Å².